The molecule has 0 radical (unpaired) electrons. The molecule has 0 bridgehead atoms. The lowest BCUT2D eigenvalue weighted by Gasteiger charge is -2.15. The van der Waals surface area contributed by atoms with Crippen LogP contribution in [-0.4, -0.2) is 27.3 Å². The molecule has 32 heavy (non-hydrogen) atoms. The molecular formula is C24H23F2N3O3. The van der Waals surface area contributed by atoms with E-state index in [0.717, 1.165) is 22.2 Å². The van der Waals surface area contributed by atoms with Crippen molar-refractivity contribution in [3.05, 3.63) is 82.5 Å². The summed E-state index contributed by atoms with van der Waals surface area (Å²) < 4.78 is 38.3. The molecule has 1 N–H and O–H groups in total. The van der Waals surface area contributed by atoms with Gasteiger partial charge in [0.25, 0.3) is 0 Å². The van der Waals surface area contributed by atoms with Gasteiger partial charge in [-0.3, -0.25) is 4.79 Å². The van der Waals surface area contributed by atoms with Crippen molar-refractivity contribution in [3.63, 3.8) is 0 Å². The third-order valence-corrected chi connectivity index (χ3v) is 5.01. The number of aromatic amines is 1. The first-order chi connectivity index (χ1) is 15.4. The molecule has 0 saturated heterocycles. The Morgan fingerprint density at radius 2 is 1.84 bits per heavy atom. The Bertz CT molecular complexity index is 1260. The molecule has 8 heteroatoms. The lowest BCUT2D eigenvalue weighted by molar-refractivity contribution is -0.0505. The second-order valence-electron chi connectivity index (χ2n) is 7.61. The van der Waals surface area contributed by atoms with Gasteiger partial charge >= 0.3 is 6.61 Å². The van der Waals surface area contributed by atoms with Crippen molar-refractivity contribution in [1.82, 2.24) is 14.5 Å². The number of hydrogen-bond acceptors (Lipinski definition) is 4. The van der Waals surface area contributed by atoms with E-state index in [1.165, 1.54) is 12.1 Å². The molecular weight excluding hydrogens is 416 g/mol. The summed E-state index contributed by atoms with van der Waals surface area (Å²) in [6.07, 6.45) is 1.66. The molecule has 2 heterocycles. The molecule has 4 aromatic rings. The molecule has 6 nitrogen and oxygen atoms in total. The van der Waals surface area contributed by atoms with E-state index in [0.29, 0.717) is 11.4 Å². The fourth-order valence-electron chi connectivity index (χ4n) is 3.49. The van der Waals surface area contributed by atoms with Gasteiger partial charge in [-0.25, -0.2) is 4.98 Å². The van der Waals surface area contributed by atoms with E-state index in [-0.39, 0.29) is 30.6 Å². The van der Waals surface area contributed by atoms with Gasteiger partial charge in [0.1, 0.15) is 18.2 Å². The molecule has 0 fully saturated rings. The van der Waals surface area contributed by atoms with Crippen LogP contribution >= 0.6 is 0 Å². The second-order valence-corrected chi connectivity index (χ2v) is 7.61. The molecule has 0 saturated carbocycles. The zero-order valence-corrected chi connectivity index (χ0v) is 17.7. The van der Waals surface area contributed by atoms with Crippen LogP contribution in [0.15, 0.2) is 65.6 Å². The molecule has 4 rings (SSSR count). The largest absolute Gasteiger partial charge is 0.434 e. The van der Waals surface area contributed by atoms with Crippen molar-refractivity contribution < 1.29 is 18.3 Å². The smallest absolute Gasteiger partial charge is 0.387 e. The highest BCUT2D eigenvalue weighted by Gasteiger charge is 2.16. The number of para-hydroxylation sites is 1. The van der Waals surface area contributed by atoms with Crippen LogP contribution in [-0.2, 0) is 17.9 Å². The number of fused-ring (bicyclic) bond motifs is 1. The van der Waals surface area contributed by atoms with E-state index in [1.54, 1.807) is 30.5 Å². The second kappa shape index (κ2) is 9.32. The van der Waals surface area contributed by atoms with Gasteiger partial charge in [0, 0.05) is 17.8 Å². The summed E-state index contributed by atoms with van der Waals surface area (Å²) in [4.78, 5) is 18.8. The van der Waals surface area contributed by atoms with E-state index in [2.05, 4.69) is 4.98 Å². The van der Waals surface area contributed by atoms with Crippen LogP contribution in [0.3, 0.4) is 0 Å². The molecule has 2 aromatic heterocycles. The van der Waals surface area contributed by atoms with Gasteiger partial charge in [-0.1, -0.05) is 24.3 Å². The topological polar surface area (TPSA) is 69.1 Å². The number of imidazole rings is 1. The van der Waals surface area contributed by atoms with E-state index in [1.807, 2.05) is 36.6 Å². The number of alkyl halides is 2. The van der Waals surface area contributed by atoms with Crippen LogP contribution in [0.25, 0.3) is 22.2 Å². The van der Waals surface area contributed by atoms with Crippen LogP contribution in [0.5, 0.6) is 5.75 Å². The molecule has 166 valence electrons. The van der Waals surface area contributed by atoms with Crippen LogP contribution in [0.4, 0.5) is 8.78 Å². The summed E-state index contributed by atoms with van der Waals surface area (Å²) in [7, 11) is 0. The Balaban J connectivity index is 1.80. The molecule has 0 aliphatic heterocycles. The lowest BCUT2D eigenvalue weighted by atomic mass is 10.1. The Morgan fingerprint density at radius 3 is 2.56 bits per heavy atom. The molecule has 0 spiro atoms. The summed E-state index contributed by atoms with van der Waals surface area (Å²) in [6.45, 7) is 1.52. The average molecular weight is 439 g/mol. The molecule has 0 atom stereocenters. The summed E-state index contributed by atoms with van der Waals surface area (Å²) >= 11 is 0. The minimum atomic E-state index is -2.91. The van der Waals surface area contributed by atoms with Gasteiger partial charge in [-0.2, -0.15) is 8.78 Å². The number of ether oxygens (including phenoxy) is 2. The average Bonchev–Trinajstić information content (AvgIpc) is 3.10. The number of pyridine rings is 1. The van der Waals surface area contributed by atoms with Crippen LogP contribution in [0, 0.1) is 0 Å². The van der Waals surface area contributed by atoms with Gasteiger partial charge in [-0.15, -0.1) is 0 Å². The Morgan fingerprint density at radius 1 is 1.06 bits per heavy atom. The molecule has 0 aliphatic carbocycles. The van der Waals surface area contributed by atoms with Crippen molar-refractivity contribution in [1.29, 1.82) is 0 Å². The molecule has 0 amide bonds. The molecule has 0 aliphatic rings. The van der Waals surface area contributed by atoms with Gasteiger partial charge in [-0.05, 0) is 49.2 Å². The first kappa shape index (κ1) is 21.7. The van der Waals surface area contributed by atoms with Crippen LogP contribution < -0.4 is 10.3 Å². The molecule has 2 aromatic carbocycles. The maximum Gasteiger partial charge on any atom is 0.387 e. The van der Waals surface area contributed by atoms with Gasteiger partial charge in [0.2, 0.25) is 5.56 Å². The highest BCUT2D eigenvalue weighted by Crippen LogP contribution is 2.28. The highest BCUT2D eigenvalue weighted by molar-refractivity contribution is 5.82. The highest BCUT2D eigenvalue weighted by atomic mass is 19.3. The van der Waals surface area contributed by atoms with E-state index in [4.69, 9.17) is 14.5 Å². The maximum atomic E-state index is 12.9. The van der Waals surface area contributed by atoms with Gasteiger partial charge in [0.15, 0.2) is 0 Å². The number of hydrogen-bond donors (Lipinski definition) is 1. The first-order valence-corrected chi connectivity index (χ1v) is 10.2. The van der Waals surface area contributed by atoms with Crippen molar-refractivity contribution in [3.8, 4) is 16.9 Å². The number of rotatable bonds is 8. The third kappa shape index (κ3) is 4.86. The zero-order chi connectivity index (χ0) is 22.7. The Hall–Kier alpha value is -3.52. The minimum absolute atomic E-state index is 0.00872. The summed E-state index contributed by atoms with van der Waals surface area (Å²) in [5.41, 5.74) is 3.75. The zero-order valence-electron chi connectivity index (χ0n) is 17.7. The number of H-pyrrole nitrogens is 1. The predicted octanol–water partition coefficient (Wildman–Crippen LogP) is 4.97. The van der Waals surface area contributed by atoms with E-state index < -0.39 is 6.61 Å². The predicted molar refractivity (Wildman–Crippen MR) is 118 cm³/mol. The fourth-order valence-corrected chi connectivity index (χ4v) is 3.49. The fraction of sp³-hybridized carbons (Fsp3) is 0.250. The van der Waals surface area contributed by atoms with E-state index >= 15 is 0 Å². The van der Waals surface area contributed by atoms with Gasteiger partial charge < -0.3 is 19.0 Å². The van der Waals surface area contributed by atoms with Crippen molar-refractivity contribution in [2.75, 3.05) is 0 Å². The number of benzene rings is 2. The monoisotopic (exact) mass is 439 g/mol. The van der Waals surface area contributed by atoms with Crippen LogP contribution in [0.2, 0.25) is 0 Å². The maximum absolute atomic E-state index is 12.9. The summed E-state index contributed by atoms with van der Waals surface area (Å²) in [5, 5.41) is 0. The molecule has 0 unspecified atom stereocenters. The SMILES string of the molecule is CC(C)OCc1nc2ccc(-c3ccc(=O)[nH]c3)cc2n1Cc1ccccc1OC(F)F. The van der Waals surface area contributed by atoms with Crippen LogP contribution in [0.1, 0.15) is 25.2 Å². The lowest BCUT2D eigenvalue weighted by Crippen LogP contribution is -2.11. The van der Waals surface area contributed by atoms with E-state index in [9.17, 15) is 13.6 Å². The van der Waals surface area contributed by atoms with Gasteiger partial charge in [0.05, 0.1) is 23.7 Å². The number of nitrogens with one attached hydrogen (secondary N) is 1. The Kier molecular flexibility index (Phi) is 6.32. The Labute approximate surface area is 183 Å². The number of aromatic nitrogens is 3. The first-order valence-electron chi connectivity index (χ1n) is 10.2. The summed E-state index contributed by atoms with van der Waals surface area (Å²) in [5.74, 6) is 0.802. The van der Waals surface area contributed by atoms with Crippen molar-refractivity contribution >= 4 is 11.0 Å². The standard InChI is InChI=1S/C24H23F2N3O3/c1-15(2)31-14-22-28-19-9-7-16(17-8-10-23(30)27-12-17)11-20(19)29(22)13-18-5-3-4-6-21(18)32-24(25)26/h3-12,15,24H,13-14H2,1-2H3,(H,27,30). The minimum Gasteiger partial charge on any atom is -0.434 e. The quantitative estimate of drug-likeness (QED) is 0.421. The normalized spacial score (nSPS) is 11.6. The number of nitrogens with zero attached hydrogens (tertiary/aromatic N) is 2. The summed E-state index contributed by atoms with van der Waals surface area (Å²) in [6, 6.07) is 15.7. The van der Waals surface area contributed by atoms with Crippen molar-refractivity contribution in [2.24, 2.45) is 0 Å². The van der Waals surface area contributed by atoms with Crippen molar-refractivity contribution in [2.45, 2.75) is 39.7 Å². The third-order valence-electron chi connectivity index (χ3n) is 5.01. The number of halogens is 2.